The highest BCUT2D eigenvalue weighted by Crippen LogP contribution is 2.63. The quantitative estimate of drug-likeness (QED) is 0.667. The maximum atomic E-state index is 12.5. The highest BCUT2D eigenvalue weighted by molar-refractivity contribution is 5.87. The molecular weight excluding hydrogens is 268 g/mol. The van der Waals surface area contributed by atoms with Crippen LogP contribution >= 0.6 is 0 Å². The Morgan fingerprint density at radius 1 is 1.33 bits per heavy atom. The minimum absolute atomic E-state index is 0.359. The molecule has 1 unspecified atom stereocenters. The first-order chi connectivity index (χ1) is 10.1. The first kappa shape index (κ1) is 13.9. The molecule has 110 valence electrons. The molecule has 0 spiro atoms. The lowest BCUT2D eigenvalue weighted by Crippen LogP contribution is -2.44. The fraction of sp³-hybridized carbons (Fsp3) is 0.412. The third-order valence-electron chi connectivity index (χ3n) is 4.82. The molecule has 0 amide bonds. The van der Waals surface area contributed by atoms with Gasteiger partial charge in [0, 0.05) is 0 Å². The van der Waals surface area contributed by atoms with E-state index < -0.39 is 29.4 Å². The molecule has 21 heavy (non-hydrogen) atoms. The Labute approximate surface area is 123 Å². The van der Waals surface area contributed by atoms with E-state index in [4.69, 9.17) is 4.74 Å². The van der Waals surface area contributed by atoms with Gasteiger partial charge >= 0.3 is 11.9 Å². The molecule has 4 heteroatoms. The van der Waals surface area contributed by atoms with Gasteiger partial charge in [0.2, 0.25) is 0 Å². The SMILES string of the molecule is C=CC(OC(=O)C12CC(C[C@H]1C(=O)O)C2)c1ccccc1. The summed E-state index contributed by atoms with van der Waals surface area (Å²) in [6.07, 6.45) is 2.92. The van der Waals surface area contributed by atoms with Gasteiger partial charge in [-0.05, 0) is 36.8 Å². The predicted octanol–water partition coefficient (Wildman–Crippen LogP) is 2.96. The Kier molecular flexibility index (Phi) is 3.32. The van der Waals surface area contributed by atoms with E-state index in [0.29, 0.717) is 25.2 Å². The van der Waals surface area contributed by atoms with Crippen molar-refractivity contribution in [3.8, 4) is 0 Å². The summed E-state index contributed by atoms with van der Waals surface area (Å²) in [4.78, 5) is 23.9. The lowest BCUT2D eigenvalue weighted by atomic mass is 9.66. The lowest BCUT2D eigenvalue weighted by Gasteiger charge is -2.38. The van der Waals surface area contributed by atoms with Crippen LogP contribution in [0.3, 0.4) is 0 Å². The molecule has 2 bridgehead atoms. The molecule has 2 atom stereocenters. The van der Waals surface area contributed by atoms with Gasteiger partial charge in [0.15, 0.2) is 0 Å². The molecule has 1 aromatic carbocycles. The molecule has 4 nitrogen and oxygen atoms in total. The van der Waals surface area contributed by atoms with Crippen molar-refractivity contribution in [1.29, 1.82) is 0 Å². The van der Waals surface area contributed by atoms with Crippen LogP contribution < -0.4 is 0 Å². The zero-order valence-corrected chi connectivity index (χ0v) is 11.7. The zero-order chi connectivity index (χ0) is 15.0. The van der Waals surface area contributed by atoms with E-state index in [-0.39, 0.29) is 0 Å². The van der Waals surface area contributed by atoms with Crippen molar-refractivity contribution >= 4 is 11.9 Å². The van der Waals surface area contributed by atoms with Crippen molar-refractivity contribution < 1.29 is 19.4 Å². The molecular formula is C17H18O4. The topological polar surface area (TPSA) is 63.6 Å². The number of ether oxygens (including phenoxy) is 1. The number of carboxylic acids is 1. The van der Waals surface area contributed by atoms with Crippen LogP contribution in [0.25, 0.3) is 0 Å². The molecule has 1 aromatic rings. The number of hydrogen-bond acceptors (Lipinski definition) is 3. The summed E-state index contributed by atoms with van der Waals surface area (Å²) >= 11 is 0. The Bertz CT molecular complexity index is 572. The van der Waals surface area contributed by atoms with Gasteiger partial charge in [-0.15, -0.1) is 0 Å². The fourth-order valence-electron chi connectivity index (χ4n) is 3.75. The van der Waals surface area contributed by atoms with Gasteiger partial charge in [-0.3, -0.25) is 9.59 Å². The zero-order valence-electron chi connectivity index (χ0n) is 11.7. The number of esters is 1. The van der Waals surface area contributed by atoms with Gasteiger partial charge in [-0.25, -0.2) is 0 Å². The van der Waals surface area contributed by atoms with Crippen molar-refractivity contribution in [2.24, 2.45) is 17.3 Å². The average Bonchev–Trinajstić information content (AvgIpc) is 3.01. The number of fused-ring (bicyclic) bond motifs is 1. The minimum atomic E-state index is -0.887. The summed E-state index contributed by atoms with van der Waals surface area (Å²) in [5.41, 5.74) is 0.0324. The number of benzene rings is 1. The second-order valence-electron chi connectivity index (χ2n) is 6.03. The Morgan fingerprint density at radius 3 is 2.57 bits per heavy atom. The van der Waals surface area contributed by atoms with E-state index in [9.17, 15) is 14.7 Å². The van der Waals surface area contributed by atoms with E-state index in [2.05, 4.69) is 6.58 Å². The van der Waals surface area contributed by atoms with Gasteiger partial charge in [-0.1, -0.05) is 36.9 Å². The van der Waals surface area contributed by atoms with Crippen molar-refractivity contribution in [2.75, 3.05) is 0 Å². The summed E-state index contributed by atoms with van der Waals surface area (Å²) in [5, 5.41) is 9.30. The van der Waals surface area contributed by atoms with Crippen molar-refractivity contribution in [3.63, 3.8) is 0 Å². The second-order valence-corrected chi connectivity index (χ2v) is 6.03. The van der Waals surface area contributed by atoms with Gasteiger partial charge in [0.25, 0.3) is 0 Å². The van der Waals surface area contributed by atoms with Crippen molar-refractivity contribution in [2.45, 2.75) is 25.4 Å². The molecule has 3 aliphatic rings. The van der Waals surface area contributed by atoms with Crippen molar-refractivity contribution in [1.82, 2.24) is 0 Å². The van der Waals surface area contributed by atoms with E-state index in [0.717, 1.165) is 5.56 Å². The summed E-state index contributed by atoms with van der Waals surface area (Å²) in [6.45, 7) is 3.71. The molecule has 4 rings (SSSR count). The first-order valence-corrected chi connectivity index (χ1v) is 7.18. The standard InChI is InChI=1S/C17H18O4/c1-2-14(12-6-4-3-5-7-12)21-16(20)17-9-11(10-17)8-13(17)15(18)19/h2-7,11,13-14H,1,8-10H2,(H,18,19)/t11?,13-,14?,17?/m0/s1. The van der Waals surface area contributed by atoms with E-state index in [1.165, 1.54) is 0 Å². The lowest BCUT2D eigenvalue weighted by molar-refractivity contribution is -0.172. The number of rotatable bonds is 5. The van der Waals surface area contributed by atoms with Crippen LogP contribution in [0.1, 0.15) is 30.9 Å². The third kappa shape index (κ3) is 2.15. The number of hydrogen-bond donors (Lipinski definition) is 1. The van der Waals surface area contributed by atoms with Crippen LogP contribution in [0.5, 0.6) is 0 Å². The molecule has 0 heterocycles. The number of carbonyl (C=O) groups excluding carboxylic acids is 1. The highest BCUT2D eigenvalue weighted by atomic mass is 16.5. The monoisotopic (exact) mass is 286 g/mol. The van der Waals surface area contributed by atoms with Gasteiger partial charge in [0.05, 0.1) is 11.3 Å². The number of carboxylic acid groups (broad SMARTS) is 1. The predicted molar refractivity (Wildman–Crippen MR) is 76.4 cm³/mol. The van der Waals surface area contributed by atoms with E-state index in [1.807, 2.05) is 30.3 Å². The van der Waals surface area contributed by atoms with Crippen LogP contribution in [-0.2, 0) is 14.3 Å². The molecule has 0 radical (unpaired) electrons. The van der Waals surface area contributed by atoms with E-state index >= 15 is 0 Å². The first-order valence-electron chi connectivity index (χ1n) is 7.18. The van der Waals surface area contributed by atoms with Gasteiger partial charge in [-0.2, -0.15) is 0 Å². The molecule has 0 aliphatic heterocycles. The maximum Gasteiger partial charge on any atom is 0.313 e. The summed E-state index contributed by atoms with van der Waals surface area (Å²) in [5.74, 6) is -1.52. The Morgan fingerprint density at radius 2 is 2.00 bits per heavy atom. The third-order valence-corrected chi connectivity index (χ3v) is 4.82. The Balaban J connectivity index is 1.77. The highest BCUT2D eigenvalue weighted by Gasteiger charge is 2.65. The maximum absolute atomic E-state index is 12.5. The fourth-order valence-corrected chi connectivity index (χ4v) is 3.75. The van der Waals surface area contributed by atoms with Crippen LogP contribution in [0.2, 0.25) is 0 Å². The molecule has 3 aliphatic carbocycles. The summed E-state index contributed by atoms with van der Waals surface area (Å²) in [7, 11) is 0. The van der Waals surface area contributed by atoms with Crippen molar-refractivity contribution in [3.05, 3.63) is 48.6 Å². The smallest absolute Gasteiger partial charge is 0.313 e. The number of carbonyl (C=O) groups is 2. The van der Waals surface area contributed by atoms with Crippen LogP contribution in [-0.4, -0.2) is 17.0 Å². The minimum Gasteiger partial charge on any atom is -0.481 e. The summed E-state index contributed by atoms with van der Waals surface area (Å²) in [6, 6.07) is 9.35. The van der Waals surface area contributed by atoms with E-state index in [1.54, 1.807) is 6.08 Å². The number of aliphatic carboxylic acids is 1. The molecule has 0 aromatic heterocycles. The van der Waals surface area contributed by atoms with Crippen LogP contribution in [0.4, 0.5) is 0 Å². The van der Waals surface area contributed by atoms with Crippen LogP contribution in [0, 0.1) is 17.3 Å². The van der Waals surface area contributed by atoms with Gasteiger partial charge in [0.1, 0.15) is 6.10 Å². The molecule has 0 saturated heterocycles. The largest absolute Gasteiger partial charge is 0.481 e. The molecule has 3 saturated carbocycles. The van der Waals surface area contributed by atoms with Gasteiger partial charge < -0.3 is 9.84 Å². The second kappa shape index (κ2) is 5.02. The van der Waals surface area contributed by atoms with Crippen LogP contribution in [0.15, 0.2) is 43.0 Å². The molecule has 3 fully saturated rings. The average molecular weight is 286 g/mol. The Hall–Kier alpha value is -2.10. The summed E-state index contributed by atoms with van der Waals surface area (Å²) < 4.78 is 5.57. The molecule has 1 N–H and O–H groups in total. The normalized spacial score (nSPS) is 31.0.